The summed E-state index contributed by atoms with van der Waals surface area (Å²) in [7, 11) is 0. The molecule has 0 bridgehead atoms. The molecule has 0 amide bonds. The SMILES string of the molecule is CC(C)(C)OC(=O)/C(=N\O)c1ccccn1. The van der Waals surface area contributed by atoms with Gasteiger partial charge in [-0.2, -0.15) is 0 Å². The second-order valence-electron chi connectivity index (χ2n) is 4.17. The Hall–Kier alpha value is -1.91. The number of oxime groups is 1. The van der Waals surface area contributed by atoms with E-state index in [9.17, 15) is 4.79 Å². The fourth-order valence-electron chi connectivity index (χ4n) is 1.03. The van der Waals surface area contributed by atoms with Crippen molar-refractivity contribution < 1.29 is 14.7 Å². The molecule has 1 aromatic rings. The Labute approximate surface area is 93.8 Å². The van der Waals surface area contributed by atoms with Gasteiger partial charge in [0.25, 0.3) is 0 Å². The van der Waals surface area contributed by atoms with Gasteiger partial charge >= 0.3 is 5.97 Å². The minimum Gasteiger partial charge on any atom is -0.455 e. The average molecular weight is 222 g/mol. The molecular formula is C11H14N2O3. The highest BCUT2D eigenvalue weighted by atomic mass is 16.6. The van der Waals surface area contributed by atoms with Gasteiger partial charge in [0.15, 0.2) is 0 Å². The number of hydrogen-bond acceptors (Lipinski definition) is 5. The first kappa shape index (κ1) is 12.2. The number of rotatable bonds is 2. The van der Waals surface area contributed by atoms with E-state index in [0.29, 0.717) is 0 Å². The minimum atomic E-state index is -0.700. The molecule has 0 aliphatic heterocycles. The molecule has 1 aromatic heterocycles. The summed E-state index contributed by atoms with van der Waals surface area (Å²) < 4.78 is 5.08. The van der Waals surface area contributed by atoms with Crippen molar-refractivity contribution in [1.82, 2.24) is 4.98 Å². The summed E-state index contributed by atoms with van der Waals surface area (Å²) in [5.74, 6) is -0.700. The number of aromatic nitrogens is 1. The number of hydrogen-bond donors (Lipinski definition) is 1. The van der Waals surface area contributed by atoms with Crippen molar-refractivity contribution in [1.29, 1.82) is 0 Å². The molecule has 86 valence electrons. The number of pyridine rings is 1. The summed E-state index contributed by atoms with van der Waals surface area (Å²) in [6.07, 6.45) is 1.50. The Morgan fingerprint density at radius 1 is 1.44 bits per heavy atom. The zero-order chi connectivity index (χ0) is 12.2. The monoisotopic (exact) mass is 222 g/mol. The van der Waals surface area contributed by atoms with Crippen molar-refractivity contribution in [3.63, 3.8) is 0 Å². The maximum Gasteiger partial charge on any atom is 0.363 e. The topological polar surface area (TPSA) is 71.8 Å². The summed E-state index contributed by atoms with van der Waals surface area (Å²) in [5, 5.41) is 11.7. The van der Waals surface area contributed by atoms with Crippen LogP contribution in [0.1, 0.15) is 26.5 Å². The average Bonchev–Trinajstić information content (AvgIpc) is 2.17. The van der Waals surface area contributed by atoms with Gasteiger partial charge in [-0.05, 0) is 32.9 Å². The predicted octanol–water partition coefficient (Wildman–Crippen LogP) is 1.60. The van der Waals surface area contributed by atoms with Crippen LogP contribution in [-0.4, -0.2) is 27.5 Å². The molecule has 5 heteroatoms. The van der Waals surface area contributed by atoms with Crippen LogP contribution in [0.3, 0.4) is 0 Å². The van der Waals surface area contributed by atoms with Crippen LogP contribution < -0.4 is 0 Å². The van der Waals surface area contributed by atoms with Crippen LogP contribution in [0.25, 0.3) is 0 Å². The van der Waals surface area contributed by atoms with Crippen LogP contribution in [0.5, 0.6) is 0 Å². The molecule has 0 radical (unpaired) electrons. The van der Waals surface area contributed by atoms with Gasteiger partial charge in [-0.1, -0.05) is 11.2 Å². The Morgan fingerprint density at radius 2 is 2.12 bits per heavy atom. The molecule has 0 aromatic carbocycles. The normalized spacial score (nSPS) is 12.3. The van der Waals surface area contributed by atoms with E-state index in [0.717, 1.165) is 0 Å². The molecule has 0 saturated carbocycles. The first-order valence-electron chi connectivity index (χ1n) is 4.81. The summed E-state index contributed by atoms with van der Waals surface area (Å²) in [6, 6.07) is 4.96. The van der Waals surface area contributed by atoms with Crippen LogP contribution >= 0.6 is 0 Å². The highest BCUT2D eigenvalue weighted by molar-refractivity contribution is 6.42. The highest BCUT2D eigenvalue weighted by Crippen LogP contribution is 2.09. The van der Waals surface area contributed by atoms with E-state index in [-0.39, 0.29) is 11.4 Å². The second kappa shape index (κ2) is 4.74. The van der Waals surface area contributed by atoms with Gasteiger partial charge in [0.1, 0.15) is 5.60 Å². The van der Waals surface area contributed by atoms with Crippen molar-refractivity contribution in [2.75, 3.05) is 0 Å². The van der Waals surface area contributed by atoms with Crippen molar-refractivity contribution in [2.24, 2.45) is 5.16 Å². The fourth-order valence-corrected chi connectivity index (χ4v) is 1.03. The van der Waals surface area contributed by atoms with Gasteiger partial charge in [0.2, 0.25) is 5.71 Å². The fraction of sp³-hybridized carbons (Fsp3) is 0.364. The summed E-state index contributed by atoms with van der Waals surface area (Å²) in [5.41, 5.74) is -0.559. The summed E-state index contributed by atoms with van der Waals surface area (Å²) in [4.78, 5) is 15.5. The van der Waals surface area contributed by atoms with Gasteiger partial charge in [0, 0.05) is 6.20 Å². The van der Waals surface area contributed by atoms with Crippen molar-refractivity contribution in [3.8, 4) is 0 Å². The Kier molecular flexibility index (Phi) is 3.60. The zero-order valence-corrected chi connectivity index (χ0v) is 9.47. The maximum absolute atomic E-state index is 11.6. The first-order chi connectivity index (χ1) is 7.44. The van der Waals surface area contributed by atoms with Gasteiger partial charge in [-0.3, -0.25) is 4.98 Å². The smallest absolute Gasteiger partial charge is 0.363 e. The van der Waals surface area contributed by atoms with Gasteiger partial charge < -0.3 is 9.94 Å². The molecule has 0 atom stereocenters. The van der Waals surface area contributed by atoms with Crippen molar-refractivity contribution >= 4 is 11.7 Å². The summed E-state index contributed by atoms with van der Waals surface area (Å²) >= 11 is 0. The lowest BCUT2D eigenvalue weighted by Crippen LogP contribution is -2.29. The Bertz CT molecular complexity index is 393. The lowest BCUT2D eigenvalue weighted by Gasteiger charge is -2.19. The Balaban J connectivity index is 2.90. The molecule has 0 fully saturated rings. The van der Waals surface area contributed by atoms with Crippen LogP contribution in [0, 0.1) is 0 Å². The van der Waals surface area contributed by atoms with Crippen LogP contribution in [0.2, 0.25) is 0 Å². The van der Waals surface area contributed by atoms with Crippen LogP contribution in [0.15, 0.2) is 29.6 Å². The quantitative estimate of drug-likeness (QED) is 0.357. The third kappa shape index (κ3) is 3.34. The Morgan fingerprint density at radius 3 is 2.56 bits per heavy atom. The van der Waals surface area contributed by atoms with Gasteiger partial charge in [-0.25, -0.2) is 4.79 Å². The molecule has 0 unspecified atom stereocenters. The maximum atomic E-state index is 11.6. The molecule has 1 rings (SSSR count). The summed E-state index contributed by atoms with van der Waals surface area (Å²) in [6.45, 7) is 5.20. The van der Waals surface area contributed by atoms with E-state index in [1.165, 1.54) is 6.20 Å². The molecule has 16 heavy (non-hydrogen) atoms. The molecule has 1 N–H and O–H groups in total. The van der Waals surface area contributed by atoms with E-state index in [1.807, 2.05) is 0 Å². The highest BCUT2D eigenvalue weighted by Gasteiger charge is 2.23. The van der Waals surface area contributed by atoms with E-state index >= 15 is 0 Å². The van der Waals surface area contributed by atoms with Crippen molar-refractivity contribution in [3.05, 3.63) is 30.1 Å². The van der Waals surface area contributed by atoms with E-state index in [4.69, 9.17) is 9.94 Å². The molecule has 0 aliphatic carbocycles. The third-order valence-corrected chi connectivity index (χ3v) is 1.60. The molecule has 0 saturated heterocycles. The molecular weight excluding hydrogens is 208 g/mol. The first-order valence-corrected chi connectivity index (χ1v) is 4.81. The number of carbonyl (C=O) groups excluding carboxylic acids is 1. The predicted molar refractivity (Wildman–Crippen MR) is 58.4 cm³/mol. The van der Waals surface area contributed by atoms with Gasteiger partial charge in [0.05, 0.1) is 5.69 Å². The number of nitrogens with zero attached hydrogens (tertiary/aromatic N) is 2. The van der Waals surface area contributed by atoms with E-state index < -0.39 is 11.6 Å². The zero-order valence-electron chi connectivity index (χ0n) is 9.47. The van der Waals surface area contributed by atoms with Crippen LogP contribution in [0.4, 0.5) is 0 Å². The molecule has 0 aliphatic rings. The van der Waals surface area contributed by atoms with Crippen molar-refractivity contribution in [2.45, 2.75) is 26.4 Å². The lowest BCUT2D eigenvalue weighted by molar-refractivity contribution is -0.146. The minimum absolute atomic E-state index is 0.199. The molecule has 0 spiro atoms. The van der Waals surface area contributed by atoms with E-state index in [1.54, 1.807) is 39.0 Å². The van der Waals surface area contributed by atoms with E-state index in [2.05, 4.69) is 10.1 Å². The number of carbonyl (C=O) groups is 1. The lowest BCUT2D eigenvalue weighted by atomic mass is 10.2. The largest absolute Gasteiger partial charge is 0.455 e. The molecule has 1 heterocycles. The molecule has 5 nitrogen and oxygen atoms in total. The van der Waals surface area contributed by atoms with Crippen LogP contribution in [-0.2, 0) is 9.53 Å². The second-order valence-corrected chi connectivity index (χ2v) is 4.17. The third-order valence-electron chi connectivity index (χ3n) is 1.60. The number of esters is 1. The van der Waals surface area contributed by atoms with Gasteiger partial charge in [-0.15, -0.1) is 0 Å². The standard InChI is InChI=1S/C11H14N2O3/c1-11(2,3)16-10(14)9(13-15)8-6-4-5-7-12-8/h4-7,15H,1-3H3/b13-9-. The number of ether oxygens (including phenoxy) is 1.